The molecule has 2 atom stereocenters. The lowest BCUT2D eigenvalue weighted by molar-refractivity contribution is -0.0689. The fourth-order valence-electron chi connectivity index (χ4n) is 2.45. The van der Waals surface area contributed by atoms with E-state index in [9.17, 15) is 9.90 Å². The number of nitrogens with one attached hydrogen (secondary N) is 1. The molecule has 3 rings (SSSR count). The third kappa shape index (κ3) is 2.42. The molecule has 1 aliphatic carbocycles. The van der Waals surface area contributed by atoms with Gasteiger partial charge in [-0.1, -0.05) is 13.8 Å². The summed E-state index contributed by atoms with van der Waals surface area (Å²) in [6.07, 6.45) is 1.50. The maximum atomic E-state index is 12.2. The van der Waals surface area contributed by atoms with Gasteiger partial charge in [0.15, 0.2) is 0 Å². The molecule has 1 aliphatic rings. The Balaban J connectivity index is 1.69. The molecule has 1 heterocycles. The largest absolute Gasteiger partial charge is 0.423 e. The van der Waals surface area contributed by atoms with E-state index in [0.717, 1.165) is 5.56 Å². The second-order valence-corrected chi connectivity index (χ2v) is 5.92. The van der Waals surface area contributed by atoms with E-state index in [4.69, 9.17) is 4.42 Å². The summed E-state index contributed by atoms with van der Waals surface area (Å²) < 4.78 is 5.10. The van der Waals surface area contributed by atoms with Gasteiger partial charge in [0.05, 0.1) is 6.10 Å². The van der Waals surface area contributed by atoms with Gasteiger partial charge in [0.2, 0.25) is 12.3 Å². The number of hydrogen-bond donors (Lipinski definition) is 2. The first kappa shape index (κ1) is 13.8. The van der Waals surface area contributed by atoms with Crippen molar-refractivity contribution < 1.29 is 14.3 Å². The third-order valence-electron chi connectivity index (χ3n) is 4.28. The predicted octanol–water partition coefficient (Wildman–Crippen LogP) is 1.63. The number of benzene rings is 1. The van der Waals surface area contributed by atoms with Gasteiger partial charge in [-0.2, -0.15) is 0 Å². The number of aliphatic hydroxyl groups is 1. The van der Waals surface area contributed by atoms with Gasteiger partial charge in [-0.25, -0.2) is 0 Å². The normalized spacial score (nSPS) is 23.4. The van der Waals surface area contributed by atoms with Crippen molar-refractivity contribution >= 4 is 5.91 Å². The number of carbonyl (C=O) groups is 1. The standard InChI is InChI=1S/C15H17N3O3/c1-15(2)11(7-12(15)19)17-13(20)9-3-5-10(6-4-9)14-18-16-8-21-14/h3-6,8,11-12,19H,7H2,1-2H3,(H,17,20). The Hall–Kier alpha value is -2.21. The topological polar surface area (TPSA) is 88.2 Å². The van der Waals surface area contributed by atoms with Crippen molar-refractivity contribution in [2.24, 2.45) is 5.41 Å². The summed E-state index contributed by atoms with van der Waals surface area (Å²) in [7, 11) is 0. The number of rotatable bonds is 3. The fraction of sp³-hybridized carbons (Fsp3) is 0.400. The van der Waals surface area contributed by atoms with E-state index >= 15 is 0 Å². The Bertz CT molecular complexity index is 635. The maximum absolute atomic E-state index is 12.2. The average molecular weight is 287 g/mol. The maximum Gasteiger partial charge on any atom is 0.251 e. The lowest BCUT2D eigenvalue weighted by Crippen LogP contribution is -2.61. The minimum absolute atomic E-state index is 0.00406. The fourth-order valence-corrected chi connectivity index (χ4v) is 2.45. The van der Waals surface area contributed by atoms with E-state index < -0.39 is 0 Å². The molecule has 2 N–H and O–H groups in total. The summed E-state index contributed by atoms with van der Waals surface area (Å²) in [6.45, 7) is 3.90. The smallest absolute Gasteiger partial charge is 0.251 e. The van der Waals surface area contributed by atoms with Crippen molar-refractivity contribution in [3.8, 4) is 11.5 Å². The molecule has 0 radical (unpaired) electrons. The van der Waals surface area contributed by atoms with Crippen molar-refractivity contribution in [1.29, 1.82) is 0 Å². The molecule has 1 amide bonds. The molecular weight excluding hydrogens is 270 g/mol. The summed E-state index contributed by atoms with van der Waals surface area (Å²) in [5.41, 5.74) is 1.05. The van der Waals surface area contributed by atoms with Gasteiger partial charge in [-0.05, 0) is 30.7 Å². The first-order chi connectivity index (χ1) is 9.98. The molecule has 0 spiro atoms. The van der Waals surface area contributed by atoms with Gasteiger partial charge >= 0.3 is 0 Å². The number of aliphatic hydroxyl groups excluding tert-OH is 1. The summed E-state index contributed by atoms with van der Waals surface area (Å²) in [6, 6.07) is 6.97. The second-order valence-electron chi connectivity index (χ2n) is 5.92. The van der Waals surface area contributed by atoms with Crippen LogP contribution in [-0.4, -0.2) is 33.4 Å². The van der Waals surface area contributed by atoms with E-state index in [1.54, 1.807) is 24.3 Å². The van der Waals surface area contributed by atoms with E-state index in [0.29, 0.717) is 17.9 Å². The highest BCUT2D eigenvalue weighted by Gasteiger charge is 2.47. The van der Waals surface area contributed by atoms with Gasteiger partial charge < -0.3 is 14.8 Å². The SMILES string of the molecule is CC1(C)C(O)CC1NC(=O)c1ccc(-c2nnco2)cc1. The van der Waals surface area contributed by atoms with Gasteiger partial charge in [0.1, 0.15) is 0 Å². The Morgan fingerprint density at radius 1 is 1.38 bits per heavy atom. The van der Waals surface area contributed by atoms with Crippen LogP contribution in [0.15, 0.2) is 35.1 Å². The van der Waals surface area contributed by atoms with E-state index in [-0.39, 0.29) is 23.5 Å². The third-order valence-corrected chi connectivity index (χ3v) is 4.28. The van der Waals surface area contributed by atoms with Crippen molar-refractivity contribution in [2.45, 2.75) is 32.4 Å². The quantitative estimate of drug-likeness (QED) is 0.895. The molecule has 0 aliphatic heterocycles. The van der Waals surface area contributed by atoms with Crippen LogP contribution in [0.3, 0.4) is 0 Å². The Morgan fingerprint density at radius 2 is 2.10 bits per heavy atom. The van der Waals surface area contributed by atoms with Crippen molar-refractivity contribution in [2.75, 3.05) is 0 Å². The van der Waals surface area contributed by atoms with Crippen LogP contribution in [0.25, 0.3) is 11.5 Å². The number of carbonyl (C=O) groups excluding carboxylic acids is 1. The van der Waals surface area contributed by atoms with Gasteiger partial charge in [-0.3, -0.25) is 4.79 Å². The van der Waals surface area contributed by atoms with E-state index in [1.807, 2.05) is 13.8 Å². The minimum Gasteiger partial charge on any atom is -0.423 e. The molecular formula is C15H17N3O3. The molecule has 1 aromatic heterocycles. The molecule has 1 fully saturated rings. The van der Waals surface area contributed by atoms with Crippen LogP contribution in [0.1, 0.15) is 30.6 Å². The number of hydrogen-bond acceptors (Lipinski definition) is 5. The molecule has 1 aromatic carbocycles. The molecule has 0 bridgehead atoms. The zero-order valence-electron chi connectivity index (χ0n) is 11.9. The Labute approximate surface area is 122 Å². The van der Waals surface area contributed by atoms with Crippen LogP contribution in [0.2, 0.25) is 0 Å². The molecule has 6 heteroatoms. The molecule has 6 nitrogen and oxygen atoms in total. The van der Waals surface area contributed by atoms with E-state index in [1.165, 1.54) is 6.39 Å². The molecule has 0 saturated heterocycles. The minimum atomic E-state index is -0.359. The average Bonchev–Trinajstić information content (AvgIpc) is 3.01. The highest BCUT2D eigenvalue weighted by Crippen LogP contribution is 2.40. The molecule has 2 unspecified atom stereocenters. The first-order valence-corrected chi connectivity index (χ1v) is 6.84. The highest BCUT2D eigenvalue weighted by atomic mass is 16.4. The summed E-state index contributed by atoms with van der Waals surface area (Å²) in [5.74, 6) is 0.280. The Morgan fingerprint density at radius 3 is 2.62 bits per heavy atom. The summed E-state index contributed by atoms with van der Waals surface area (Å²) in [5, 5.41) is 20.1. The molecule has 2 aromatic rings. The number of amides is 1. The van der Waals surface area contributed by atoms with Crippen LogP contribution < -0.4 is 5.32 Å². The van der Waals surface area contributed by atoms with Crippen molar-refractivity contribution in [1.82, 2.24) is 15.5 Å². The van der Waals surface area contributed by atoms with Crippen LogP contribution in [0.4, 0.5) is 0 Å². The van der Waals surface area contributed by atoms with Crippen molar-refractivity contribution in [3.05, 3.63) is 36.2 Å². The van der Waals surface area contributed by atoms with Gasteiger partial charge in [-0.15, -0.1) is 10.2 Å². The second kappa shape index (κ2) is 4.96. The molecule has 110 valence electrons. The van der Waals surface area contributed by atoms with Crippen LogP contribution in [-0.2, 0) is 0 Å². The lowest BCUT2D eigenvalue weighted by atomic mass is 9.64. The van der Waals surface area contributed by atoms with Gasteiger partial charge in [0, 0.05) is 22.6 Å². The predicted molar refractivity (Wildman–Crippen MR) is 75.4 cm³/mol. The first-order valence-electron chi connectivity index (χ1n) is 6.84. The van der Waals surface area contributed by atoms with E-state index in [2.05, 4.69) is 15.5 Å². The summed E-state index contributed by atoms with van der Waals surface area (Å²) in [4.78, 5) is 12.2. The van der Waals surface area contributed by atoms with Gasteiger partial charge in [0.25, 0.3) is 5.91 Å². The number of aromatic nitrogens is 2. The Kier molecular flexibility index (Phi) is 3.25. The van der Waals surface area contributed by atoms with Crippen LogP contribution in [0, 0.1) is 5.41 Å². The number of nitrogens with zero attached hydrogens (tertiary/aromatic N) is 2. The lowest BCUT2D eigenvalue weighted by Gasteiger charge is -2.49. The highest BCUT2D eigenvalue weighted by molar-refractivity contribution is 5.94. The zero-order valence-corrected chi connectivity index (χ0v) is 11.9. The molecule has 21 heavy (non-hydrogen) atoms. The molecule has 1 saturated carbocycles. The van der Waals surface area contributed by atoms with Crippen LogP contribution >= 0.6 is 0 Å². The summed E-state index contributed by atoms with van der Waals surface area (Å²) >= 11 is 0. The van der Waals surface area contributed by atoms with Crippen LogP contribution in [0.5, 0.6) is 0 Å². The zero-order chi connectivity index (χ0) is 15.0. The monoisotopic (exact) mass is 287 g/mol. The van der Waals surface area contributed by atoms with Crippen molar-refractivity contribution in [3.63, 3.8) is 0 Å².